The number of carbonyl (C=O) groups is 1. The molecular formula is C17H25N5O2. The number of aromatic nitrogens is 3. The van der Waals surface area contributed by atoms with Crippen molar-refractivity contribution in [3.8, 4) is 0 Å². The van der Waals surface area contributed by atoms with Gasteiger partial charge in [0.15, 0.2) is 0 Å². The molecule has 0 aliphatic carbocycles. The topological polar surface area (TPSA) is 76.2 Å². The van der Waals surface area contributed by atoms with E-state index < -0.39 is 0 Å². The van der Waals surface area contributed by atoms with Gasteiger partial charge < -0.3 is 9.42 Å². The normalized spacial score (nSPS) is 17.9. The molecule has 1 N–H and O–H groups in total. The molecule has 7 heteroatoms. The lowest BCUT2D eigenvalue weighted by molar-refractivity contribution is 0.159. The summed E-state index contributed by atoms with van der Waals surface area (Å²) in [5, 5.41) is 11.4. The summed E-state index contributed by atoms with van der Waals surface area (Å²) in [6.45, 7) is 5.55. The van der Waals surface area contributed by atoms with Crippen LogP contribution in [-0.2, 0) is 6.54 Å². The van der Waals surface area contributed by atoms with Gasteiger partial charge in [-0.3, -0.25) is 5.32 Å². The number of aryl methyl sites for hydroxylation is 2. The van der Waals surface area contributed by atoms with E-state index in [0.717, 1.165) is 62.5 Å². The molecule has 7 nitrogen and oxygen atoms in total. The number of amides is 2. The number of anilines is 1. The first-order chi connectivity index (χ1) is 11.7. The first kappa shape index (κ1) is 16.5. The molecule has 0 bridgehead atoms. The second-order valence-electron chi connectivity index (χ2n) is 6.29. The molecule has 0 unspecified atom stereocenters. The molecule has 0 saturated carbocycles. The number of nitrogens with zero attached hydrogens (tertiary/aromatic N) is 4. The Hall–Kier alpha value is -2.31. The highest BCUT2D eigenvalue weighted by molar-refractivity contribution is 5.88. The van der Waals surface area contributed by atoms with Crippen molar-refractivity contribution >= 4 is 11.8 Å². The van der Waals surface area contributed by atoms with Crippen LogP contribution in [0.1, 0.15) is 56.5 Å². The van der Waals surface area contributed by atoms with E-state index in [1.165, 1.54) is 0 Å². The van der Waals surface area contributed by atoms with Gasteiger partial charge in [0.2, 0.25) is 0 Å². The molecular weight excluding hydrogens is 306 g/mol. The van der Waals surface area contributed by atoms with Crippen LogP contribution in [0.5, 0.6) is 0 Å². The number of nitrogens with one attached hydrogen (secondary N) is 1. The summed E-state index contributed by atoms with van der Waals surface area (Å²) >= 11 is 0. The van der Waals surface area contributed by atoms with Gasteiger partial charge in [-0.1, -0.05) is 18.5 Å². The van der Waals surface area contributed by atoms with Gasteiger partial charge in [0.05, 0.1) is 12.2 Å². The SMILES string of the molecule is CCCCn1nccc1NC(=O)N1CCCC[C@H]1c1cc(C)on1. The van der Waals surface area contributed by atoms with Crippen molar-refractivity contribution in [3.05, 3.63) is 29.8 Å². The average Bonchev–Trinajstić information content (AvgIpc) is 3.22. The zero-order valence-electron chi connectivity index (χ0n) is 14.4. The van der Waals surface area contributed by atoms with Crippen LogP contribution in [0.3, 0.4) is 0 Å². The lowest BCUT2D eigenvalue weighted by atomic mass is 9.99. The van der Waals surface area contributed by atoms with Gasteiger partial charge in [0.1, 0.15) is 17.3 Å². The predicted molar refractivity (Wildman–Crippen MR) is 90.7 cm³/mol. The maximum absolute atomic E-state index is 12.8. The van der Waals surface area contributed by atoms with Gasteiger partial charge >= 0.3 is 6.03 Å². The molecule has 1 aliphatic heterocycles. The number of hydrogen-bond acceptors (Lipinski definition) is 4. The second kappa shape index (κ2) is 7.51. The summed E-state index contributed by atoms with van der Waals surface area (Å²) in [5.41, 5.74) is 0.835. The second-order valence-corrected chi connectivity index (χ2v) is 6.29. The lowest BCUT2D eigenvalue weighted by Crippen LogP contribution is -2.41. The Morgan fingerprint density at radius 3 is 3.08 bits per heavy atom. The number of carbonyl (C=O) groups excluding carboxylic acids is 1. The fourth-order valence-corrected chi connectivity index (χ4v) is 3.13. The van der Waals surface area contributed by atoms with E-state index >= 15 is 0 Å². The molecule has 24 heavy (non-hydrogen) atoms. The number of rotatable bonds is 5. The van der Waals surface area contributed by atoms with Crippen LogP contribution in [-0.4, -0.2) is 32.4 Å². The third kappa shape index (κ3) is 3.60. The quantitative estimate of drug-likeness (QED) is 0.905. The maximum Gasteiger partial charge on any atom is 0.323 e. The van der Waals surface area contributed by atoms with Crippen LogP contribution >= 0.6 is 0 Å². The van der Waals surface area contributed by atoms with Crippen molar-refractivity contribution < 1.29 is 9.32 Å². The molecule has 2 aromatic heterocycles. The molecule has 1 aliphatic rings. The van der Waals surface area contributed by atoms with Crippen LogP contribution in [0, 0.1) is 6.92 Å². The van der Waals surface area contributed by atoms with Crippen LogP contribution in [0.4, 0.5) is 10.6 Å². The molecule has 0 spiro atoms. The summed E-state index contributed by atoms with van der Waals surface area (Å²) in [5.74, 6) is 1.52. The van der Waals surface area contributed by atoms with E-state index in [4.69, 9.17) is 4.52 Å². The maximum atomic E-state index is 12.8. The fraction of sp³-hybridized carbons (Fsp3) is 0.588. The van der Waals surface area contributed by atoms with Crippen LogP contribution in [0.15, 0.2) is 22.9 Å². The first-order valence-corrected chi connectivity index (χ1v) is 8.71. The monoisotopic (exact) mass is 331 g/mol. The van der Waals surface area contributed by atoms with Crippen molar-refractivity contribution in [3.63, 3.8) is 0 Å². The van der Waals surface area contributed by atoms with E-state index in [-0.39, 0.29) is 12.1 Å². The van der Waals surface area contributed by atoms with Crippen LogP contribution in [0.2, 0.25) is 0 Å². The Morgan fingerprint density at radius 1 is 1.46 bits per heavy atom. The van der Waals surface area contributed by atoms with Crippen LogP contribution in [0.25, 0.3) is 0 Å². The van der Waals surface area contributed by atoms with Crippen molar-refractivity contribution in [1.29, 1.82) is 0 Å². The number of urea groups is 1. The molecule has 130 valence electrons. The molecule has 1 fully saturated rings. The minimum Gasteiger partial charge on any atom is -0.361 e. The summed E-state index contributed by atoms with van der Waals surface area (Å²) in [4.78, 5) is 14.7. The summed E-state index contributed by atoms with van der Waals surface area (Å²) < 4.78 is 7.04. The highest BCUT2D eigenvalue weighted by atomic mass is 16.5. The molecule has 0 aromatic carbocycles. The van der Waals surface area contributed by atoms with Crippen molar-refractivity contribution in [2.24, 2.45) is 0 Å². The molecule has 2 aromatic rings. The fourth-order valence-electron chi connectivity index (χ4n) is 3.13. The number of hydrogen-bond donors (Lipinski definition) is 1. The van der Waals surface area contributed by atoms with Crippen molar-refractivity contribution in [2.75, 3.05) is 11.9 Å². The molecule has 3 rings (SSSR count). The molecule has 2 amide bonds. The smallest absolute Gasteiger partial charge is 0.323 e. The zero-order valence-corrected chi connectivity index (χ0v) is 14.4. The van der Waals surface area contributed by atoms with E-state index in [1.54, 1.807) is 6.20 Å². The Labute approximate surface area is 142 Å². The molecule has 1 saturated heterocycles. The number of unbranched alkanes of at least 4 members (excludes halogenated alkanes) is 1. The largest absolute Gasteiger partial charge is 0.361 e. The summed E-state index contributed by atoms with van der Waals surface area (Å²) in [6.07, 6.45) is 6.86. The standard InChI is InChI=1S/C17H25N5O2/c1-3-4-11-22-16(8-9-18-22)19-17(23)21-10-6-5-7-15(21)14-12-13(2)24-20-14/h8-9,12,15H,3-7,10-11H2,1-2H3,(H,19,23)/t15-/m0/s1. The zero-order chi connectivity index (χ0) is 16.9. The van der Waals surface area contributed by atoms with Gasteiger partial charge in [-0.25, -0.2) is 9.48 Å². The van der Waals surface area contributed by atoms with Gasteiger partial charge in [-0.2, -0.15) is 5.10 Å². The highest BCUT2D eigenvalue weighted by Gasteiger charge is 2.30. The van der Waals surface area contributed by atoms with Gasteiger partial charge in [-0.05, 0) is 32.6 Å². The summed E-state index contributed by atoms with van der Waals surface area (Å²) in [7, 11) is 0. The number of likely N-dealkylation sites (tertiary alicyclic amines) is 1. The minimum absolute atomic E-state index is 0.0248. The van der Waals surface area contributed by atoms with E-state index in [9.17, 15) is 4.79 Å². The highest BCUT2D eigenvalue weighted by Crippen LogP contribution is 2.31. The Balaban J connectivity index is 1.71. The molecule has 3 heterocycles. The first-order valence-electron chi connectivity index (χ1n) is 8.71. The van der Waals surface area contributed by atoms with Crippen LogP contribution < -0.4 is 5.32 Å². The van der Waals surface area contributed by atoms with Gasteiger partial charge in [-0.15, -0.1) is 0 Å². The van der Waals surface area contributed by atoms with E-state index in [2.05, 4.69) is 22.5 Å². The minimum atomic E-state index is -0.0985. The predicted octanol–water partition coefficient (Wildman–Crippen LogP) is 3.74. The Bertz CT molecular complexity index is 678. The number of piperidine rings is 1. The van der Waals surface area contributed by atoms with Crippen molar-refractivity contribution in [1.82, 2.24) is 19.8 Å². The summed E-state index contributed by atoms with van der Waals surface area (Å²) in [6, 6.07) is 3.64. The van der Waals surface area contributed by atoms with E-state index in [1.807, 2.05) is 28.6 Å². The molecule has 0 radical (unpaired) electrons. The third-order valence-electron chi connectivity index (χ3n) is 4.43. The van der Waals surface area contributed by atoms with E-state index in [0.29, 0.717) is 0 Å². The Morgan fingerprint density at radius 2 is 2.33 bits per heavy atom. The third-order valence-corrected chi connectivity index (χ3v) is 4.43. The lowest BCUT2D eigenvalue weighted by Gasteiger charge is -2.34. The average molecular weight is 331 g/mol. The van der Waals surface area contributed by atoms with Gasteiger partial charge in [0.25, 0.3) is 0 Å². The van der Waals surface area contributed by atoms with Gasteiger partial charge in [0, 0.05) is 25.2 Å². The van der Waals surface area contributed by atoms with Crippen molar-refractivity contribution in [2.45, 2.75) is 58.5 Å². The molecule has 1 atom stereocenters. The Kier molecular flexibility index (Phi) is 5.17.